The molecule has 0 saturated heterocycles. The molecule has 0 unspecified atom stereocenters. The Morgan fingerprint density at radius 3 is 2.65 bits per heavy atom. The molecule has 0 bridgehead atoms. The Hall–Kier alpha value is -0.500. The SMILES string of the molecule is CCCCCCCCSC[n+]1cccc(C)c1. The normalized spacial score (nSPS) is 10.7. The smallest absolute Gasteiger partial charge is 0.194 e. The predicted octanol–water partition coefficient (Wildman–Crippen LogP) is 4.33. The van der Waals surface area contributed by atoms with E-state index in [9.17, 15) is 0 Å². The van der Waals surface area contributed by atoms with Gasteiger partial charge in [-0.25, -0.2) is 0 Å². The summed E-state index contributed by atoms with van der Waals surface area (Å²) < 4.78 is 2.27. The average Bonchev–Trinajstić information content (AvgIpc) is 2.33. The lowest BCUT2D eigenvalue weighted by Gasteiger charge is -2.00. The van der Waals surface area contributed by atoms with Crippen LogP contribution in [0.5, 0.6) is 0 Å². The molecule has 1 aromatic rings. The largest absolute Gasteiger partial charge is 0.195 e. The van der Waals surface area contributed by atoms with Gasteiger partial charge in [0.05, 0.1) is 0 Å². The van der Waals surface area contributed by atoms with Gasteiger partial charge in [-0.05, 0) is 25.2 Å². The van der Waals surface area contributed by atoms with Gasteiger partial charge in [0.1, 0.15) is 0 Å². The first-order valence-corrected chi connectivity index (χ1v) is 8.02. The number of pyridine rings is 1. The summed E-state index contributed by atoms with van der Waals surface area (Å²) in [6, 6.07) is 4.27. The average molecular weight is 252 g/mol. The second kappa shape index (κ2) is 9.52. The van der Waals surface area contributed by atoms with E-state index in [1.54, 1.807) is 0 Å². The maximum atomic E-state index is 2.27. The molecule has 0 N–H and O–H groups in total. The Morgan fingerprint density at radius 1 is 1.12 bits per heavy atom. The Bertz CT molecular complexity index is 299. The number of hydrogen-bond donors (Lipinski definition) is 0. The van der Waals surface area contributed by atoms with Crippen LogP contribution in [0.15, 0.2) is 24.5 Å². The van der Waals surface area contributed by atoms with Crippen LogP contribution in [0.2, 0.25) is 0 Å². The number of thioether (sulfide) groups is 1. The topological polar surface area (TPSA) is 3.88 Å². The van der Waals surface area contributed by atoms with Crippen molar-refractivity contribution in [3.05, 3.63) is 30.1 Å². The van der Waals surface area contributed by atoms with Crippen LogP contribution in [0, 0.1) is 6.92 Å². The molecule has 0 fully saturated rings. The van der Waals surface area contributed by atoms with Crippen molar-refractivity contribution < 1.29 is 4.57 Å². The fourth-order valence-corrected chi connectivity index (χ4v) is 2.80. The summed E-state index contributed by atoms with van der Waals surface area (Å²) in [6.45, 7) is 4.42. The van der Waals surface area contributed by atoms with Gasteiger partial charge in [0.2, 0.25) is 0 Å². The van der Waals surface area contributed by atoms with Gasteiger partial charge in [-0.15, -0.1) is 0 Å². The first-order chi connectivity index (χ1) is 8.33. The zero-order chi connectivity index (χ0) is 12.3. The Balaban J connectivity index is 1.97. The van der Waals surface area contributed by atoms with Crippen molar-refractivity contribution in [2.45, 2.75) is 58.2 Å². The Kier molecular flexibility index (Phi) is 8.16. The molecule has 0 radical (unpaired) electrons. The maximum absolute atomic E-state index is 2.27. The monoisotopic (exact) mass is 252 g/mol. The number of hydrogen-bond acceptors (Lipinski definition) is 1. The molecule has 1 nitrogen and oxygen atoms in total. The van der Waals surface area contributed by atoms with Gasteiger partial charge in [-0.1, -0.05) is 50.8 Å². The summed E-state index contributed by atoms with van der Waals surface area (Å²) in [6.07, 6.45) is 12.8. The van der Waals surface area contributed by atoms with Gasteiger partial charge in [0.25, 0.3) is 0 Å². The van der Waals surface area contributed by atoms with Gasteiger partial charge in [0.15, 0.2) is 18.3 Å². The summed E-state index contributed by atoms with van der Waals surface area (Å²) in [5.74, 6) is 2.39. The highest BCUT2D eigenvalue weighted by atomic mass is 32.2. The third kappa shape index (κ3) is 7.43. The predicted molar refractivity (Wildman–Crippen MR) is 77.2 cm³/mol. The lowest BCUT2D eigenvalue weighted by atomic mass is 10.1. The van der Waals surface area contributed by atoms with E-state index in [0.29, 0.717) is 0 Å². The summed E-state index contributed by atoms with van der Waals surface area (Å²) in [4.78, 5) is 0. The zero-order valence-electron chi connectivity index (χ0n) is 11.3. The fourth-order valence-electron chi connectivity index (χ4n) is 1.89. The summed E-state index contributed by atoms with van der Waals surface area (Å²) in [5.41, 5.74) is 1.34. The van der Waals surface area contributed by atoms with E-state index in [4.69, 9.17) is 0 Å². The molecule has 0 aliphatic carbocycles. The van der Waals surface area contributed by atoms with Crippen molar-refractivity contribution in [2.24, 2.45) is 0 Å². The molecule has 0 spiro atoms. The van der Waals surface area contributed by atoms with Crippen LogP contribution in [0.25, 0.3) is 0 Å². The Labute approximate surface area is 111 Å². The maximum Gasteiger partial charge on any atom is 0.194 e. The first-order valence-electron chi connectivity index (χ1n) is 6.86. The summed E-state index contributed by atoms with van der Waals surface area (Å²) >= 11 is 2.04. The molecule has 0 aliphatic rings. The van der Waals surface area contributed by atoms with Crippen molar-refractivity contribution in [3.8, 4) is 0 Å². The van der Waals surface area contributed by atoms with Crippen molar-refractivity contribution in [3.63, 3.8) is 0 Å². The molecule has 17 heavy (non-hydrogen) atoms. The van der Waals surface area contributed by atoms with Gasteiger partial charge in [-0.3, -0.25) is 0 Å². The molecule has 2 heteroatoms. The van der Waals surface area contributed by atoms with Crippen LogP contribution >= 0.6 is 11.8 Å². The third-order valence-electron chi connectivity index (χ3n) is 2.89. The molecule has 1 rings (SSSR count). The highest BCUT2D eigenvalue weighted by Gasteiger charge is 1.99. The zero-order valence-corrected chi connectivity index (χ0v) is 12.1. The van der Waals surface area contributed by atoms with Gasteiger partial charge < -0.3 is 0 Å². The molecule has 0 aliphatic heterocycles. The van der Waals surface area contributed by atoms with Crippen molar-refractivity contribution in [2.75, 3.05) is 5.75 Å². The molecule has 1 heterocycles. The number of aromatic nitrogens is 1. The van der Waals surface area contributed by atoms with Gasteiger partial charge >= 0.3 is 0 Å². The van der Waals surface area contributed by atoms with Crippen molar-refractivity contribution >= 4 is 11.8 Å². The lowest BCUT2D eigenvalue weighted by molar-refractivity contribution is -0.676. The van der Waals surface area contributed by atoms with Gasteiger partial charge in [0, 0.05) is 11.6 Å². The number of nitrogens with zero attached hydrogens (tertiary/aromatic N) is 1. The van der Waals surface area contributed by atoms with E-state index in [1.807, 2.05) is 11.8 Å². The van der Waals surface area contributed by atoms with E-state index < -0.39 is 0 Å². The summed E-state index contributed by atoms with van der Waals surface area (Å²) in [7, 11) is 0. The second-order valence-corrected chi connectivity index (χ2v) is 5.78. The third-order valence-corrected chi connectivity index (χ3v) is 3.95. The minimum Gasteiger partial charge on any atom is -0.195 e. The standard InChI is InChI=1S/C15H26NS/c1-3-4-5-6-7-8-12-17-14-16-11-9-10-15(2)13-16/h9-11,13H,3-8,12,14H2,1-2H3/q+1. The first kappa shape index (κ1) is 14.6. The quantitative estimate of drug-likeness (QED) is 0.467. The Morgan fingerprint density at radius 2 is 1.88 bits per heavy atom. The second-order valence-electron chi connectivity index (χ2n) is 4.70. The minimum absolute atomic E-state index is 1.09. The van der Waals surface area contributed by atoms with E-state index in [1.165, 1.54) is 49.8 Å². The van der Waals surface area contributed by atoms with Crippen LogP contribution in [-0.2, 0) is 5.88 Å². The molecule has 0 atom stereocenters. The van der Waals surface area contributed by atoms with Crippen LogP contribution in [0.4, 0.5) is 0 Å². The molecular formula is C15H26NS+. The number of rotatable bonds is 9. The minimum atomic E-state index is 1.09. The highest BCUT2D eigenvalue weighted by molar-refractivity contribution is 7.98. The van der Waals surface area contributed by atoms with Crippen molar-refractivity contribution in [1.82, 2.24) is 0 Å². The molecule has 0 amide bonds. The molecule has 0 saturated carbocycles. The fraction of sp³-hybridized carbons (Fsp3) is 0.667. The van der Waals surface area contributed by atoms with Crippen molar-refractivity contribution in [1.29, 1.82) is 0 Å². The van der Waals surface area contributed by atoms with Crippen LogP contribution in [0.1, 0.15) is 51.0 Å². The van der Waals surface area contributed by atoms with Crippen LogP contribution < -0.4 is 4.57 Å². The molecule has 96 valence electrons. The summed E-state index contributed by atoms with van der Waals surface area (Å²) in [5, 5.41) is 0. The van der Waals surface area contributed by atoms with Crippen LogP contribution in [0.3, 0.4) is 0 Å². The van der Waals surface area contributed by atoms with Crippen LogP contribution in [-0.4, -0.2) is 5.75 Å². The molecular weight excluding hydrogens is 226 g/mol. The number of aryl methyl sites for hydroxylation is 1. The van der Waals surface area contributed by atoms with E-state index in [0.717, 1.165) is 5.88 Å². The molecule has 1 aromatic heterocycles. The lowest BCUT2D eigenvalue weighted by Crippen LogP contribution is -2.31. The van der Waals surface area contributed by atoms with E-state index in [2.05, 4.69) is 42.9 Å². The van der Waals surface area contributed by atoms with E-state index in [-0.39, 0.29) is 0 Å². The highest BCUT2D eigenvalue weighted by Crippen LogP contribution is 2.09. The number of unbranched alkanes of at least 4 members (excludes halogenated alkanes) is 5. The molecule has 0 aromatic carbocycles. The van der Waals surface area contributed by atoms with E-state index >= 15 is 0 Å². The van der Waals surface area contributed by atoms with Gasteiger partial charge in [-0.2, -0.15) is 4.57 Å².